The molecule has 2 aromatic heterocycles. The van der Waals surface area contributed by atoms with Crippen molar-refractivity contribution in [3.63, 3.8) is 0 Å². The molecule has 0 aliphatic carbocycles. The lowest BCUT2D eigenvalue weighted by Crippen LogP contribution is -2.29. The number of aromatic amines is 1. The summed E-state index contributed by atoms with van der Waals surface area (Å²) in [6.07, 6.45) is 7.49. The van der Waals surface area contributed by atoms with E-state index in [1.165, 1.54) is 23.3 Å². The van der Waals surface area contributed by atoms with Gasteiger partial charge in [0.05, 0.1) is 26.2 Å². The molecule has 11 heteroatoms. The predicted molar refractivity (Wildman–Crippen MR) is 94.3 cm³/mol. The lowest BCUT2D eigenvalue weighted by atomic mass is 10.4. The summed E-state index contributed by atoms with van der Waals surface area (Å²) in [4.78, 5) is 47.4. The first kappa shape index (κ1) is 17.3. The van der Waals surface area contributed by atoms with E-state index in [0.29, 0.717) is 38.1 Å². The van der Waals surface area contributed by atoms with Crippen LogP contribution < -0.4 is 22.8 Å². The molecule has 0 spiro atoms. The van der Waals surface area contributed by atoms with Crippen molar-refractivity contribution in [1.82, 2.24) is 28.3 Å². The summed E-state index contributed by atoms with van der Waals surface area (Å²) in [7, 11) is 0. The van der Waals surface area contributed by atoms with Crippen molar-refractivity contribution in [2.45, 2.75) is 32.7 Å². The number of hydrogen-bond acceptors (Lipinski definition) is 4. The molecule has 1 N–H and O–H groups in total. The zero-order valence-electron chi connectivity index (χ0n) is 13.3. The van der Waals surface area contributed by atoms with E-state index in [-0.39, 0.29) is 22.8 Å². The Morgan fingerprint density at radius 1 is 0.760 bits per heavy atom. The quantitative estimate of drug-likeness (QED) is 0.487. The fourth-order valence-corrected chi connectivity index (χ4v) is 3.05. The Balaban J connectivity index is 0.000000150. The number of fused-ring (bicyclic) bond motifs is 2. The number of halogens is 1. The lowest BCUT2D eigenvalue weighted by Gasteiger charge is -2.08. The maximum Gasteiger partial charge on any atom is 0.347 e. The maximum absolute atomic E-state index is 11.7. The summed E-state index contributed by atoms with van der Waals surface area (Å²) in [5, 5.41) is 0.611. The Morgan fingerprint density at radius 2 is 1.16 bits per heavy atom. The molecule has 0 unspecified atom stereocenters. The Morgan fingerprint density at radius 3 is 1.56 bits per heavy atom. The SMILES string of the molecule is O=c1[nH]c(=O)n2n1CC=CC2.O=c1n(CCBr)c(=O)n2n1CC=CC2. The van der Waals surface area contributed by atoms with Crippen molar-refractivity contribution in [3.05, 3.63) is 66.2 Å². The summed E-state index contributed by atoms with van der Waals surface area (Å²) in [6.45, 7) is 2.37. The highest BCUT2D eigenvalue weighted by Gasteiger charge is 2.15. The monoisotopic (exact) mass is 412 g/mol. The van der Waals surface area contributed by atoms with Crippen LogP contribution in [-0.4, -0.2) is 33.6 Å². The van der Waals surface area contributed by atoms with Gasteiger partial charge in [0.1, 0.15) is 0 Å². The Labute approximate surface area is 149 Å². The van der Waals surface area contributed by atoms with Crippen molar-refractivity contribution in [3.8, 4) is 0 Å². The summed E-state index contributed by atoms with van der Waals surface area (Å²) < 4.78 is 6.93. The van der Waals surface area contributed by atoms with Crippen LogP contribution in [0, 0.1) is 0 Å². The third-order valence-corrected chi connectivity index (χ3v) is 4.28. The molecule has 4 heterocycles. The molecule has 0 saturated heterocycles. The standard InChI is InChI=1S/C8H10BrN3O2.C6H7N3O2/c9-3-6-10-7(13)11-4-1-2-5-12(11)8(10)14;10-5-7-6(11)9-4-2-1-3-8(5)9/h1-2H,3-6H2;1-2H,3-4H2,(H,7,10,11). The second-order valence-electron chi connectivity index (χ2n) is 5.41. The first-order valence-corrected chi connectivity index (χ1v) is 8.83. The normalized spacial score (nSPS) is 14.6. The summed E-state index contributed by atoms with van der Waals surface area (Å²) in [5.74, 6) is 0. The number of alkyl halides is 1. The fraction of sp³-hybridized carbons (Fsp3) is 0.429. The summed E-state index contributed by atoms with van der Waals surface area (Å²) >= 11 is 3.21. The number of nitrogens with zero attached hydrogens (tertiary/aromatic N) is 5. The van der Waals surface area contributed by atoms with Crippen LogP contribution in [0.4, 0.5) is 0 Å². The van der Waals surface area contributed by atoms with Gasteiger partial charge in [0.15, 0.2) is 0 Å². The largest absolute Gasteiger partial charge is 0.347 e. The van der Waals surface area contributed by atoms with Gasteiger partial charge in [0, 0.05) is 11.9 Å². The van der Waals surface area contributed by atoms with Crippen molar-refractivity contribution < 1.29 is 0 Å². The Hall–Kier alpha value is -2.56. The van der Waals surface area contributed by atoms with Crippen LogP contribution in [0.3, 0.4) is 0 Å². The molecular weight excluding hydrogens is 396 g/mol. The first-order chi connectivity index (χ1) is 12.0. The highest BCUT2D eigenvalue weighted by molar-refractivity contribution is 9.09. The van der Waals surface area contributed by atoms with E-state index < -0.39 is 0 Å². The molecule has 2 aliphatic heterocycles. The summed E-state index contributed by atoms with van der Waals surface area (Å²) in [5.41, 5.74) is -1.11. The van der Waals surface area contributed by atoms with Gasteiger partial charge in [-0.2, -0.15) is 0 Å². The average molecular weight is 413 g/mol. The van der Waals surface area contributed by atoms with Crippen LogP contribution in [0.5, 0.6) is 0 Å². The van der Waals surface area contributed by atoms with Crippen LogP contribution in [0.25, 0.3) is 0 Å². The van der Waals surface area contributed by atoms with Gasteiger partial charge < -0.3 is 0 Å². The van der Waals surface area contributed by atoms with Crippen LogP contribution in [0.2, 0.25) is 0 Å². The maximum atomic E-state index is 11.7. The molecule has 0 radical (unpaired) electrons. The summed E-state index contributed by atoms with van der Waals surface area (Å²) in [6, 6.07) is 0. The van der Waals surface area contributed by atoms with Crippen LogP contribution in [0.1, 0.15) is 0 Å². The number of rotatable bonds is 2. The molecule has 25 heavy (non-hydrogen) atoms. The van der Waals surface area contributed by atoms with E-state index >= 15 is 0 Å². The average Bonchev–Trinajstić information content (AvgIpc) is 3.06. The zero-order chi connectivity index (χ0) is 18.0. The lowest BCUT2D eigenvalue weighted by molar-refractivity contribution is 0.482. The molecule has 0 atom stereocenters. The molecule has 0 amide bonds. The van der Waals surface area contributed by atoms with E-state index in [2.05, 4.69) is 20.9 Å². The molecule has 4 rings (SSSR count). The van der Waals surface area contributed by atoms with E-state index in [4.69, 9.17) is 0 Å². The van der Waals surface area contributed by atoms with Crippen molar-refractivity contribution >= 4 is 15.9 Å². The third kappa shape index (κ3) is 3.18. The van der Waals surface area contributed by atoms with Gasteiger partial charge in [-0.15, -0.1) is 0 Å². The molecular formula is C14H17BrN6O4. The van der Waals surface area contributed by atoms with Gasteiger partial charge in [-0.3, -0.25) is 4.98 Å². The second-order valence-corrected chi connectivity index (χ2v) is 6.21. The molecule has 0 bridgehead atoms. The first-order valence-electron chi connectivity index (χ1n) is 7.71. The predicted octanol–water partition coefficient (Wildman–Crippen LogP) is -1.32. The topological polar surface area (TPSA) is 109 Å². The van der Waals surface area contributed by atoms with E-state index in [1.54, 1.807) is 0 Å². The number of H-pyrrole nitrogens is 1. The molecule has 0 saturated carbocycles. The second kappa shape index (κ2) is 7.13. The van der Waals surface area contributed by atoms with Gasteiger partial charge in [0.25, 0.3) is 0 Å². The van der Waals surface area contributed by atoms with Gasteiger partial charge in [-0.05, 0) is 0 Å². The van der Waals surface area contributed by atoms with E-state index in [9.17, 15) is 19.2 Å². The molecule has 10 nitrogen and oxygen atoms in total. The molecule has 2 aliphatic rings. The number of hydrogen-bond donors (Lipinski definition) is 1. The smallest absolute Gasteiger partial charge is 0.257 e. The van der Waals surface area contributed by atoms with Crippen molar-refractivity contribution in [2.75, 3.05) is 5.33 Å². The van der Waals surface area contributed by atoms with Gasteiger partial charge in [-0.1, -0.05) is 40.2 Å². The van der Waals surface area contributed by atoms with Crippen LogP contribution >= 0.6 is 15.9 Å². The van der Waals surface area contributed by atoms with Gasteiger partial charge in [-0.25, -0.2) is 42.5 Å². The van der Waals surface area contributed by atoms with Crippen molar-refractivity contribution in [2.24, 2.45) is 0 Å². The minimum absolute atomic E-state index is 0.223. The Bertz CT molecular complexity index is 981. The number of nitrogens with one attached hydrogen (secondary N) is 1. The highest BCUT2D eigenvalue weighted by atomic mass is 79.9. The van der Waals surface area contributed by atoms with Crippen LogP contribution in [-0.2, 0) is 32.7 Å². The van der Waals surface area contributed by atoms with Gasteiger partial charge in [0.2, 0.25) is 0 Å². The minimum Gasteiger partial charge on any atom is -0.257 e. The Kier molecular flexibility index (Phi) is 4.93. The molecule has 134 valence electrons. The van der Waals surface area contributed by atoms with Crippen LogP contribution in [0.15, 0.2) is 43.5 Å². The van der Waals surface area contributed by atoms with E-state index in [0.717, 1.165) is 0 Å². The highest BCUT2D eigenvalue weighted by Crippen LogP contribution is 1.93. The molecule has 2 aromatic rings. The number of aromatic nitrogens is 6. The number of allylic oxidation sites excluding steroid dienone is 4. The zero-order valence-corrected chi connectivity index (χ0v) is 14.9. The third-order valence-electron chi connectivity index (χ3n) is 3.92. The van der Waals surface area contributed by atoms with E-state index in [1.807, 2.05) is 24.3 Å². The fourth-order valence-electron chi connectivity index (χ4n) is 2.70. The van der Waals surface area contributed by atoms with Crippen molar-refractivity contribution in [1.29, 1.82) is 0 Å². The minimum atomic E-state index is -0.334. The molecule has 0 fully saturated rings. The molecule has 0 aromatic carbocycles. The van der Waals surface area contributed by atoms with Gasteiger partial charge >= 0.3 is 22.8 Å².